The van der Waals surface area contributed by atoms with Gasteiger partial charge in [-0.3, -0.25) is 9.88 Å². The van der Waals surface area contributed by atoms with E-state index in [1.165, 1.54) is 37.2 Å². The average Bonchev–Trinajstić information content (AvgIpc) is 2.96. The van der Waals surface area contributed by atoms with Crippen LogP contribution < -0.4 is 0 Å². The number of benzene rings is 1. The van der Waals surface area contributed by atoms with Crippen LogP contribution in [0.2, 0.25) is 0 Å². The Labute approximate surface area is 133 Å². The van der Waals surface area contributed by atoms with Crippen LogP contribution in [-0.2, 0) is 13.1 Å². The molecule has 1 fully saturated rings. The molecule has 1 saturated heterocycles. The molecule has 0 N–H and O–H groups in total. The van der Waals surface area contributed by atoms with E-state index in [1.54, 1.807) is 0 Å². The topological polar surface area (TPSA) is 19.4 Å². The van der Waals surface area contributed by atoms with Crippen LogP contribution in [-0.4, -0.2) is 41.5 Å². The Bertz CT molecular complexity index is 555. The molecule has 0 saturated carbocycles. The summed E-state index contributed by atoms with van der Waals surface area (Å²) in [6, 6.07) is 15.0. The number of nitrogens with zero attached hydrogens (tertiary/aromatic N) is 3. The summed E-state index contributed by atoms with van der Waals surface area (Å²) < 4.78 is 0. The SMILES string of the molecule is CN(Cc1cccnc1)CC1CCN(Cc2ccccc2)C1. The van der Waals surface area contributed by atoms with E-state index in [2.05, 4.69) is 58.2 Å². The summed E-state index contributed by atoms with van der Waals surface area (Å²) in [4.78, 5) is 9.20. The monoisotopic (exact) mass is 295 g/mol. The van der Waals surface area contributed by atoms with Crippen molar-refractivity contribution in [2.45, 2.75) is 19.5 Å². The van der Waals surface area contributed by atoms with Crippen molar-refractivity contribution < 1.29 is 0 Å². The fraction of sp³-hybridized carbons (Fsp3) is 0.421. The molecule has 0 spiro atoms. The first kappa shape index (κ1) is 15.2. The van der Waals surface area contributed by atoms with E-state index in [9.17, 15) is 0 Å². The van der Waals surface area contributed by atoms with Gasteiger partial charge in [0.25, 0.3) is 0 Å². The van der Waals surface area contributed by atoms with E-state index in [0.717, 1.165) is 19.0 Å². The largest absolute Gasteiger partial charge is 0.302 e. The number of pyridine rings is 1. The van der Waals surface area contributed by atoms with Gasteiger partial charge in [0.2, 0.25) is 0 Å². The van der Waals surface area contributed by atoms with Crippen molar-refractivity contribution in [1.82, 2.24) is 14.8 Å². The van der Waals surface area contributed by atoms with E-state index in [0.29, 0.717) is 0 Å². The van der Waals surface area contributed by atoms with Gasteiger partial charge in [-0.2, -0.15) is 0 Å². The Morgan fingerprint density at radius 1 is 1.14 bits per heavy atom. The molecule has 2 heterocycles. The predicted octanol–water partition coefficient (Wildman–Crippen LogP) is 3.04. The molecule has 22 heavy (non-hydrogen) atoms. The van der Waals surface area contributed by atoms with Gasteiger partial charge in [-0.25, -0.2) is 0 Å². The molecule has 1 aromatic heterocycles. The first-order valence-corrected chi connectivity index (χ1v) is 8.13. The molecule has 3 rings (SSSR count). The smallest absolute Gasteiger partial charge is 0.0312 e. The van der Waals surface area contributed by atoms with Gasteiger partial charge < -0.3 is 4.90 Å². The van der Waals surface area contributed by atoms with Crippen molar-refractivity contribution in [3.05, 3.63) is 66.0 Å². The summed E-state index contributed by atoms with van der Waals surface area (Å²) in [5, 5.41) is 0. The van der Waals surface area contributed by atoms with Crippen molar-refractivity contribution in [2.24, 2.45) is 5.92 Å². The van der Waals surface area contributed by atoms with E-state index >= 15 is 0 Å². The normalized spacial score (nSPS) is 18.9. The number of likely N-dealkylation sites (tertiary alicyclic amines) is 1. The summed E-state index contributed by atoms with van der Waals surface area (Å²) >= 11 is 0. The molecule has 1 atom stereocenters. The Balaban J connectivity index is 1.44. The zero-order valence-electron chi connectivity index (χ0n) is 13.4. The molecule has 0 radical (unpaired) electrons. The van der Waals surface area contributed by atoms with E-state index in [1.807, 2.05) is 18.5 Å². The molecule has 116 valence electrons. The highest BCUT2D eigenvalue weighted by Gasteiger charge is 2.23. The predicted molar refractivity (Wildman–Crippen MR) is 90.4 cm³/mol. The standard InChI is InChI=1S/C19H25N3/c1-21(13-18-8-5-10-20-12-18)14-19-9-11-22(16-19)15-17-6-3-2-4-7-17/h2-8,10,12,19H,9,11,13-16H2,1H3. The minimum Gasteiger partial charge on any atom is -0.302 e. The van der Waals surface area contributed by atoms with Crippen LogP contribution in [0.3, 0.4) is 0 Å². The number of hydrogen-bond acceptors (Lipinski definition) is 3. The molecular weight excluding hydrogens is 270 g/mol. The van der Waals surface area contributed by atoms with Crippen LogP contribution in [0.5, 0.6) is 0 Å². The minimum atomic E-state index is 0.783. The van der Waals surface area contributed by atoms with Crippen molar-refractivity contribution >= 4 is 0 Å². The molecule has 0 amide bonds. The molecule has 0 bridgehead atoms. The summed E-state index contributed by atoms with van der Waals surface area (Å²) in [6.45, 7) is 5.68. The quantitative estimate of drug-likeness (QED) is 0.816. The Morgan fingerprint density at radius 3 is 2.73 bits per heavy atom. The third-order valence-electron chi connectivity index (χ3n) is 4.36. The van der Waals surface area contributed by atoms with E-state index in [4.69, 9.17) is 0 Å². The lowest BCUT2D eigenvalue weighted by molar-refractivity contribution is 0.254. The molecule has 1 aliphatic heterocycles. The molecular formula is C19H25N3. The molecule has 1 aliphatic rings. The fourth-order valence-electron chi connectivity index (χ4n) is 3.36. The Kier molecular flexibility index (Phi) is 5.20. The van der Waals surface area contributed by atoms with Crippen molar-refractivity contribution in [2.75, 3.05) is 26.7 Å². The van der Waals surface area contributed by atoms with Crippen LogP contribution in [0, 0.1) is 5.92 Å². The molecule has 1 aromatic carbocycles. The molecule has 3 nitrogen and oxygen atoms in total. The summed E-state index contributed by atoms with van der Waals surface area (Å²) in [7, 11) is 2.22. The Hall–Kier alpha value is -1.71. The fourth-order valence-corrected chi connectivity index (χ4v) is 3.36. The van der Waals surface area contributed by atoms with Crippen LogP contribution >= 0.6 is 0 Å². The van der Waals surface area contributed by atoms with Crippen molar-refractivity contribution in [1.29, 1.82) is 0 Å². The van der Waals surface area contributed by atoms with Crippen LogP contribution in [0.1, 0.15) is 17.5 Å². The second kappa shape index (κ2) is 7.52. The first-order chi connectivity index (χ1) is 10.8. The van der Waals surface area contributed by atoms with Crippen molar-refractivity contribution in [3.63, 3.8) is 0 Å². The lowest BCUT2D eigenvalue weighted by Gasteiger charge is -2.21. The molecule has 1 unspecified atom stereocenters. The molecule has 3 heteroatoms. The zero-order valence-corrected chi connectivity index (χ0v) is 13.4. The van der Waals surface area contributed by atoms with Crippen molar-refractivity contribution in [3.8, 4) is 0 Å². The second-order valence-corrected chi connectivity index (χ2v) is 6.43. The van der Waals surface area contributed by atoms with E-state index < -0.39 is 0 Å². The van der Waals surface area contributed by atoms with Crippen LogP contribution in [0.4, 0.5) is 0 Å². The zero-order chi connectivity index (χ0) is 15.2. The lowest BCUT2D eigenvalue weighted by Crippen LogP contribution is -2.28. The third kappa shape index (κ3) is 4.39. The van der Waals surface area contributed by atoms with E-state index in [-0.39, 0.29) is 0 Å². The maximum atomic E-state index is 4.19. The molecule has 2 aromatic rings. The number of rotatable bonds is 6. The second-order valence-electron chi connectivity index (χ2n) is 6.43. The highest BCUT2D eigenvalue weighted by Crippen LogP contribution is 2.20. The van der Waals surface area contributed by atoms with Gasteiger partial charge in [-0.15, -0.1) is 0 Å². The minimum absolute atomic E-state index is 0.783. The summed E-state index contributed by atoms with van der Waals surface area (Å²) in [6.07, 6.45) is 5.11. The highest BCUT2D eigenvalue weighted by molar-refractivity contribution is 5.14. The van der Waals surface area contributed by atoms with Gasteiger partial charge in [0.15, 0.2) is 0 Å². The van der Waals surface area contributed by atoms with Gasteiger partial charge >= 0.3 is 0 Å². The third-order valence-corrected chi connectivity index (χ3v) is 4.36. The Morgan fingerprint density at radius 2 is 1.95 bits per heavy atom. The number of aromatic nitrogens is 1. The first-order valence-electron chi connectivity index (χ1n) is 8.13. The maximum Gasteiger partial charge on any atom is 0.0312 e. The van der Waals surface area contributed by atoms with Gasteiger partial charge in [0, 0.05) is 38.6 Å². The number of hydrogen-bond donors (Lipinski definition) is 0. The van der Waals surface area contributed by atoms with Gasteiger partial charge in [-0.05, 0) is 43.1 Å². The van der Waals surface area contributed by atoms with Gasteiger partial charge in [0.05, 0.1) is 0 Å². The average molecular weight is 295 g/mol. The lowest BCUT2D eigenvalue weighted by atomic mass is 10.1. The summed E-state index contributed by atoms with van der Waals surface area (Å²) in [5.74, 6) is 0.783. The summed E-state index contributed by atoms with van der Waals surface area (Å²) in [5.41, 5.74) is 2.72. The van der Waals surface area contributed by atoms with Crippen LogP contribution in [0.15, 0.2) is 54.9 Å². The maximum absolute atomic E-state index is 4.19. The van der Waals surface area contributed by atoms with Crippen LogP contribution in [0.25, 0.3) is 0 Å². The molecule has 0 aliphatic carbocycles. The van der Waals surface area contributed by atoms with Gasteiger partial charge in [0.1, 0.15) is 0 Å². The van der Waals surface area contributed by atoms with Gasteiger partial charge in [-0.1, -0.05) is 36.4 Å². The highest BCUT2D eigenvalue weighted by atomic mass is 15.2.